The minimum atomic E-state index is -0.519. The first-order chi connectivity index (χ1) is 15.4. The van der Waals surface area contributed by atoms with Gasteiger partial charge in [0.2, 0.25) is 11.9 Å². The van der Waals surface area contributed by atoms with Crippen LogP contribution in [0.4, 0.5) is 23.1 Å². The van der Waals surface area contributed by atoms with Crippen LogP contribution in [0, 0.1) is 0 Å². The molecule has 3 atom stereocenters. The molecule has 2 saturated heterocycles. The number of hydrogen-bond acceptors (Lipinski definition) is 7. The van der Waals surface area contributed by atoms with Gasteiger partial charge in [0.25, 0.3) is 0 Å². The molecule has 1 aromatic carbocycles. The van der Waals surface area contributed by atoms with E-state index in [1.54, 1.807) is 10.7 Å². The van der Waals surface area contributed by atoms with Gasteiger partial charge in [0.15, 0.2) is 11.5 Å². The highest BCUT2D eigenvalue weighted by Crippen LogP contribution is 2.39. The summed E-state index contributed by atoms with van der Waals surface area (Å²) in [6, 6.07) is 7.59. The second-order valence-corrected chi connectivity index (χ2v) is 9.81. The van der Waals surface area contributed by atoms with Gasteiger partial charge in [-0.1, -0.05) is 6.07 Å². The lowest BCUT2D eigenvalue weighted by molar-refractivity contribution is -0.119. The molecule has 6 rings (SSSR count). The number of piperidine rings is 1. The Bertz CT molecular complexity index is 1200. The van der Waals surface area contributed by atoms with Crippen LogP contribution in [0.25, 0.3) is 5.65 Å². The minimum Gasteiger partial charge on any atom is -0.364 e. The highest BCUT2D eigenvalue weighted by molar-refractivity contribution is 6.06. The summed E-state index contributed by atoms with van der Waals surface area (Å²) >= 11 is 0. The van der Waals surface area contributed by atoms with Crippen LogP contribution in [0.15, 0.2) is 30.6 Å². The number of carbonyl (C=O) groups is 1. The molecule has 2 bridgehead atoms. The molecule has 0 unspecified atom stereocenters. The van der Waals surface area contributed by atoms with Crippen LogP contribution in [0.3, 0.4) is 0 Å². The van der Waals surface area contributed by atoms with Gasteiger partial charge in [-0.25, -0.2) is 9.50 Å². The molecule has 0 aliphatic carbocycles. The van der Waals surface area contributed by atoms with Gasteiger partial charge in [0.1, 0.15) is 0 Å². The third-order valence-electron chi connectivity index (χ3n) is 7.46. The van der Waals surface area contributed by atoms with E-state index in [9.17, 15) is 4.79 Å². The van der Waals surface area contributed by atoms with Crippen LogP contribution in [-0.2, 0) is 10.2 Å². The maximum atomic E-state index is 12.2. The van der Waals surface area contributed by atoms with Crippen LogP contribution < -0.4 is 16.0 Å². The standard InChI is InChI=1S/C23H28N8O/c1-23(2)17-7-4-13(12-18(17)27-21(23)32)26-22-28-20-19(24-8-9-31(20)29-22)25-14-10-15-5-6-16(11-14)30(15)3/h4,7-9,12,14-16H,5-6,10-11H2,1-3H3,(H,24,25)(H,26,29)(H,27,32)/t14-,15+,16-. The molecular formula is C23H28N8O. The molecule has 2 fully saturated rings. The van der Waals surface area contributed by atoms with E-state index in [1.807, 2.05) is 38.2 Å². The van der Waals surface area contributed by atoms with Gasteiger partial charge in [-0.15, -0.1) is 5.10 Å². The van der Waals surface area contributed by atoms with Gasteiger partial charge < -0.3 is 20.9 Å². The van der Waals surface area contributed by atoms with E-state index in [-0.39, 0.29) is 5.91 Å². The topological polar surface area (TPSA) is 99.5 Å². The van der Waals surface area contributed by atoms with E-state index in [0.29, 0.717) is 29.7 Å². The van der Waals surface area contributed by atoms with Gasteiger partial charge >= 0.3 is 0 Å². The van der Waals surface area contributed by atoms with E-state index < -0.39 is 5.41 Å². The number of aromatic nitrogens is 4. The molecular weight excluding hydrogens is 404 g/mol. The van der Waals surface area contributed by atoms with E-state index >= 15 is 0 Å². The Kier molecular flexibility index (Phi) is 4.20. The summed E-state index contributed by atoms with van der Waals surface area (Å²) in [5, 5.41) is 14.4. The van der Waals surface area contributed by atoms with E-state index in [4.69, 9.17) is 4.98 Å². The first-order valence-electron chi connectivity index (χ1n) is 11.3. The number of benzene rings is 1. The zero-order chi connectivity index (χ0) is 22.0. The highest BCUT2D eigenvalue weighted by atomic mass is 16.2. The summed E-state index contributed by atoms with van der Waals surface area (Å²) in [5.41, 5.74) is 2.84. The smallest absolute Gasteiger partial charge is 0.247 e. The van der Waals surface area contributed by atoms with Crippen molar-refractivity contribution in [1.82, 2.24) is 24.5 Å². The van der Waals surface area contributed by atoms with E-state index in [2.05, 4.69) is 38.0 Å². The Balaban J connectivity index is 1.23. The van der Waals surface area contributed by atoms with Crippen molar-refractivity contribution in [3.8, 4) is 0 Å². The lowest BCUT2D eigenvalue weighted by Crippen LogP contribution is -2.44. The molecule has 3 aliphatic rings. The Labute approximate surface area is 186 Å². The molecule has 166 valence electrons. The number of amides is 1. The predicted octanol–water partition coefficient (Wildman–Crippen LogP) is 3.13. The van der Waals surface area contributed by atoms with E-state index in [0.717, 1.165) is 35.6 Å². The van der Waals surface area contributed by atoms with Gasteiger partial charge in [-0.05, 0) is 64.3 Å². The second kappa shape index (κ2) is 6.90. The van der Waals surface area contributed by atoms with Crippen molar-refractivity contribution in [2.45, 2.75) is 63.1 Å². The predicted molar refractivity (Wildman–Crippen MR) is 123 cm³/mol. The molecule has 2 aromatic heterocycles. The van der Waals surface area contributed by atoms with Gasteiger partial charge in [0, 0.05) is 41.9 Å². The zero-order valence-electron chi connectivity index (χ0n) is 18.6. The number of nitrogens with zero attached hydrogens (tertiary/aromatic N) is 5. The van der Waals surface area contributed by atoms with Crippen LogP contribution in [-0.4, -0.2) is 55.6 Å². The maximum absolute atomic E-state index is 12.2. The number of anilines is 4. The third-order valence-corrected chi connectivity index (χ3v) is 7.46. The molecule has 1 amide bonds. The summed E-state index contributed by atoms with van der Waals surface area (Å²) in [6.07, 6.45) is 8.40. The minimum absolute atomic E-state index is 0.0136. The lowest BCUT2D eigenvalue weighted by Gasteiger charge is -2.36. The molecule has 0 saturated carbocycles. The van der Waals surface area contributed by atoms with E-state index in [1.165, 1.54) is 12.8 Å². The average molecular weight is 433 g/mol. The summed E-state index contributed by atoms with van der Waals surface area (Å²) < 4.78 is 1.75. The van der Waals surface area contributed by atoms with Crippen molar-refractivity contribution >= 4 is 34.7 Å². The molecule has 0 spiro atoms. The summed E-state index contributed by atoms with van der Waals surface area (Å²) in [7, 11) is 2.25. The monoisotopic (exact) mass is 432 g/mol. The quantitative estimate of drug-likeness (QED) is 0.582. The molecule has 5 heterocycles. The molecule has 9 heteroatoms. The molecule has 9 nitrogen and oxygen atoms in total. The lowest BCUT2D eigenvalue weighted by atomic mass is 9.86. The van der Waals surface area contributed by atoms with Crippen LogP contribution in [0.2, 0.25) is 0 Å². The molecule has 32 heavy (non-hydrogen) atoms. The largest absolute Gasteiger partial charge is 0.364 e. The number of rotatable bonds is 4. The van der Waals surface area contributed by atoms with Crippen LogP contribution in [0.5, 0.6) is 0 Å². The van der Waals surface area contributed by atoms with Crippen molar-refractivity contribution in [1.29, 1.82) is 0 Å². The molecule has 3 aromatic rings. The molecule has 0 radical (unpaired) electrons. The average Bonchev–Trinajstić information content (AvgIpc) is 3.31. The van der Waals surface area contributed by atoms with Crippen molar-refractivity contribution < 1.29 is 4.79 Å². The van der Waals surface area contributed by atoms with Gasteiger partial charge in [-0.3, -0.25) is 4.79 Å². The highest BCUT2D eigenvalue weighted by Gasteiger charge is 2.39. The first kappa shape index (κ1) is 19.5. The SMILES string of the molecule is CN1[C@@H]2CC[C@H]1C[C@@H](Nc1nccn3nc(Nc4ccc5c(c4)NC(=O)C5(C)C)nc13)C2. The fourth-order valence-electron chi connectivity index (χ4n) is 5.50. The number of fused-ring (bicyclic) bond motifs is 4. The number of nitrogens with one attached hydrogen (secondary N) is 3. The first-order valence-corrected chi connectivity index (χ1v) is 11.3. The van der Waals surface area contributed by atoms with Gasteiger partial charge in [-0.2, -0.15) is 4.98 Å². The number of carbonyl (C=O) groups excluding carboxylic acids is 1. The fourth-order valence-corrected chi connectivity index (χ4v) is 5.50. The number of hydrogen-bond donors (Lipinski definition) is 3. The van der Waals surface area contributed by atoms with Crippen molar-refractivity contribution in [2.75, 3.05) is 23.0 Å². The Morgan fingerprint density at radius 1 is 1.19 bits per heavy atom. The second-order valence-electron chi connectivity index (χ2n) is 9.81. The van der Waals surface area contributed by atoms with Crippen molar-refractivity contribution in [3.63, 3.8) is 0 Å². The molecule has 3 aliphatic heterocycles. The van der Waals surface area contributed by atoms with Crippen molar-refractivity contribution in [3.05, 3.63) is 36.2 Å². The normalized spacial score (nSPS) is 26.2. The summed E-state index contributed by atoms with van der Waals surface area (Å²) in [6.45, 7) is 3.87. The molecule has 3 N–H and O–H groups in total. The zero-order valence-corrected chi connectivity index (χ0v) is 18.6. The van der Waals surface area contributed by atoms with Crippen molar-refractivity contribution in [2.24, 2.45) is 0 Å². The Morgan fingerprint density at radius 3 is 2.75 bits per heavy atom. The van der Waals surface area contributed by atoms with Crippen LogP contribution in [0.1, 0.15) is 45.1 Å². The summed E-state index contributed by atoms with van der Waals surface area (Å²) in [5.74, 6) is 1.28. The Morgan fingerprint density at radius 2 is 1.97 bits per heavy atom. The maximum Gasteiger partial charge on any atom is 0.247 e. The Hall–Kier alpha value is -3.20. The van der Waals surface area contributed by atoms with Gasteiger partial charge in [0.05, 0.1) is 5.41 Å². The van der Waals surface area contributed by atoms with Crippen LogP contribution >= 0.6 is 0 Å². The fraction of sp³-hybridized carbons (Fsp3) is 0.478. The third kappa shape index (κ3) is 3.02. The summed E-state index contributed by atoms with van der Waals surface area (Å²) in [4.78, 5) is 24.0.